The summed E-state index contributed by atoms with van der Waals surface area (Å²) < 4.78 is 0. The minimum atomic E-state index is -0.0171. The van der Waals surface area contributed by atoms with Gasteiger partial charge in [-0.25, -0.2) is 0 Å². The molecule has 4 nitrogen and oxygen atoms in total. The maximum absolute atomic E-state index is 11.6. The molecule has 0 spiro atoms. The van der Waals surface area contributed by atoms with Crippen LogP contribution in [-0.2, 0) is 11.3 Å². The maximum Gasteiger partial charge on any atom is 0.223 e. The van der Waals surface area contributed by atoms with Crippen LogP contribution in [0.2, 0.25) is 0 Å². The van der Waals surface area contributed by atoms with Crippen molar-refractivity contribution in [1.82, 2.24) is 15.2 Å². The Morgan fingerprint density at radius 2 is 2.05 bits per heavy atom. The first-order valence-corrected chi connectivity index (χ1v) is 7.49. The lowest BCUT2D eigenvalue weighted by Gasteiger charge is -2.20. The van der Waals surface area contributed by atoms with E-state index in [1.54, 1.807) is 13.2 Å². The Morgan fingerprint density at radius 3 is 2.73 bits per heavy atom. The smallest absolute Gasteiger partial charge is 0.223 e. The molecular formula is C18H23N3O. The van der Waals surface area contributed by atoms with Crippen molar-refractivity contribution in [2.24, 2.45) is 5.92 Å². The Morgan fingerprint density at radius 1 is 1.27 bits per heavy atom. The highest BCUT2D eigenvalue weighted by Crippen LogP contribution is 2.20. The van der Waals surface area contributed by atoms with Gasteiger partial charge in [-0.2, -0.15) is 0 Å². The molecule has 22 heavy (non-hydrogen) atoms. The van der Waals surface area contributed by atoms with E-state index in [9.17, 15) is 4.79 Å². The van der Waals surface area contributed by atoms with Gasteiger partial charge in [0.05, 0.1) is 0 Å². The van der Waals surface area contributed by atoms with E-state index in [-0.39, 0.29) is 11.8 Å². The normalized spacial score (nSPS) is 12.2. The van der Waals surface area contributed by atoms with Gasteiger partial charge in [-0.1, -0.05) is 31.2 Å². The van der Waals surface area contributed by atoms with E-state index >= 15 is 0 Å². The van der Waals surface area contributed by atoms with Crippen LogP contribution >= 0.6 is 0 Å². The van der Waals surface area contributed by atoms with Crippen LogP contribution in [0, 0.1) is 5.92 Å². The topological polar surface area (TPSA) is 45.2 Å². The Hall–Kier alpha value is -2.20. The van der Waals surface area contributed by atoms with Crippen LogP contribution in [0.4, 0.5) is 0 Å². The molecule has 0 saturated carbocycles. The first-order valence-electron chi connectivity index (χ1n) is 7.49. The van der Waals surface area contributed by atoms with Crippen molar-refractivity contribution in [3.8, 4) is 11.1 Å². The third-order valence-electron chi connectivity index (χ3n) is 3.65. The van der Waals surface area contributed by atoms with Gasteiger partial charge in [0.2, 0.25) is 5.91 Å². The molecule has 0 aliphatic heterocycles. The quantitative estimate of drug-likeness (QED) is 0.891. The molecule has 0 aliphatic carbocycles. The molecule has 1 aromatic carbocycles. The Labute approximate surface area is 132 Å². The molecule has 1 N–H and O–H groups in total. The zero-order valence-electron chi connectivity index (χ0n) is 13.4. The molecule has 0 fully saturated rings. The number of carbonyl (C=O) groups is 1. The molecule has 2 aromatic rings. The third kappa shape index (κ3) is 4.40. The van der Waals surface area contributed by atoms with E-state index in [1.165, 1.54) is 11.1 Å². The number of nitrogens with zero attached hydrogens (tertiary/aromatic N) is 2. The van der Waals surface area contributed by atoms with Crippen LogP contribution in [0.1, 0.15) is 12.5 Å². The second kappa shape index (κ2) is 7.71. The van der Waals surface area contributed by atoms with E-state index in [0.717, 1.165) is 18.7 Å². The van der Waals surface area contributed by atoms with Crippen LogP contribution in [0.3, 0.4) is 0 Å². The van der Waals surface area contributed by atoms with Crippen molar-refractivity contribution < 1.29 is 4.79 Å². The van der Waals surface area contributed by atoms with Gasteiger partial charge < -0.3 is 10.2 Å². The molecule has 1 heterocycles. The summed E-state index contributed by atoms with van der Waals surface area (Å²) in [6.07, 6.45) is 3.65. The monoisotopic (exact) mass is 297 g/mol. The first-order chi connectivity index (χ1) is 10.6. The van der Waals surface area contributed by atoms with Crippen molar-refractivity contribution in [2.45, 2.75) is 13.5 Å². The summed E-state index contributed by atoms with van der Waals surface area (Å²) in [5.41, 5.74) is 3.51. The van der Waals surface area contributed by atoms with Gasteiger partial charge in [0.25, 0.3) is 0 Å². The molecule has 0 radical (unpaired) electrons. The fraction of sp³-hybridized carbons (Fsp3) is 0.333. The molecule has 0 unspecified atom stereocenters. The van der Waals surface area contributed by atoms with Gasteiger partial charge >= 0.3 is 0 Å². The molecule has 116 valence electrons. The fourth-order valence-corrected chi connectivity index (χ4v) is 2.56. The van der Waals surface area contributed by atoms with Crippen molar-refractivity contribution in [3.63, 3.8) is 0 Å². The summed E-state index contributed by atoms with van der Waals surface area (Å²) in [6, 6.07) is 12.4. The summed E-state index contributed by atoms with van der Waals surface area (Å²) >= 11 is 0. The lowest BCUT2D eigenvalue weighted by molar-refractivity contribution is -0.124. The third-order valence-corrected chi connectivity index (χ3v) is 3.65. The first kappa shape index (κ1) is 16.2. The summed E-state index contributed by atoms with van der Waals surface area (Å²) in [5.74, 6) is 0.0625. The lowest BCUT2D eigenvalue weighted by atomic mass is 10.0. The lowest BCUT2D eigenvalue weighted by Crippen LogP contribution is -2.34. The predicted octanol–water partition coefficient (Wildman–Crippen LogP) is 2.56. The molecule has 0 saturated heterocycles. The van der Waals surface area contributed by atoms with Gasteiger partial charge in [-0.15, -0.1) is 0 Å². The molecule has 0 bridgehead atoms. The average Bonchev–Trinajstić information content (AvgIpc) is 2.55. The van der Waals surface area contributed by atoms with Gasteiger partial charge in [-0.05, 0) is 35.9 Å². The minimum Gasteiger partial charge on any atom is -0.359 e. The van der Waals surface area contributed by atoms with Gasteiger partial charge in [0.1, 0.15) is 0 Å². The zero-order chi connectivity index (χ0) is 15.9. The highest BCUT2D eigenvalue weighted by molar-refractivity contribution is 5.78. The minimum absolute atomic E-state index is 0.0171. The number of aromatic nitrogens is 1. The Bertz CT molecular complexity index is 613. The van der Waals surface area contributed by atoms with Crippen LogP contribution in [0.5, 0.6) is 0 Å². The Kier molecular flexibility index (Phi) is 5.67. The Balaban J connectivity index is 2.03. The number of hydrogen-bond donors (Lipinski definition) is 1. The number of amides is 1. The predicted molar refractivity (Wildman–Crippen MR) is 89.2 cm³/mol. The zero-order valence-corrected chi connectivity index (χ0v) is 13.4. The molecule has 4 heteroatoms. The van der Waals surface area contributed by atoms with E-state index in [2.05, 4.69) is 45.5 Å². The maximum atomic E-state index is 11.6. The number of hydrogen-bond acceptors (Lipinski definition) is 3. The van der Waals surface area contributed by atoms with Crippen molar-refractivity contribution in [1.29, 1.82) is 0 Å². The summed E-state index contributed by atoms with van der Waals surface area (Å²) in [4.78, 5) is 17.9. The molecule has 2 rings (SSSR count). The SMILES string of the molecule is CNC(=O)[C@H](C)CN(C)Cc1cccc(-c2cccnc2)c1. The van der Waals surface area contributed by atoms with Crippen molar-refractivity contribution in [3.05, 3.63) is 54.4 Å². The number of pyridine rings is 1. The van der Waals surface area contributed by atoms with Gasteiger partial charge in [0, 0.05) is 38.4 Å². The number of carbonyl (C=O) groups excluding carboxylic acids is 1. The van der Waals surface area contributed by atoms with Crippen LogP contribution in [0.15, 0.2) is 48.8 Å². The van der Waals surface area contributed by atoms with E-state index < -0.39 is 0 Å². The fourth-order valence-electron chi connectivity index (χ4n) is 2.56. The highest BCUT2D eigenvalue weighted by Gasteiger charge is 2.13. The largest absolute Gasteiger partial charge is 0.359 e. The van der Waals surface area contributed by atoms with Crippen molar-refractivity contribution >= 4 is 5.91 Å². The molecule has 1 aromatic heterocycles. The standard InChI is InChI=1S/C18H23N3O/c1-14(18(22)19-2)12-21(3)13-15-6-4-7-16(10-15)17-8-5-9-20-11-17/h4-11,14H,12-13H2,1-3H3,(H,19,22)/t14-/m1/s1. The number of rotatable bonds is 6. The molecule has 1 atom stereocenters. The highest BCUT2D eigenvalue weighted by atomic mass is 16.1. The second-order valence-electron chi connectivity index (χ2n) is 5.65. The summed E-state index contributed by atoms with van der Waals surface area (Å²) in [7, 11) is 3.71. The summed E-state index contributed by atoms with van der Waals surface area (Å²) in [5, 5.41) is 2.69. The van der Waals surface area contributed by atoms with E-state index in [0.29, 0.717) is 0 Å². The van der Waals surface area contributed by atoms with Gasteiger partial charge in [-0.3, -0.25) is 9.78 Å². The van der Waals surface area contributed by atoms with Crippen LogP contribution < -0.4 is 5.32 Å². The number of benzene rings is 1. The second-order valence-corrected chi connectivity index (χ2v) is 5.65. The average molecular weight is 297 g/mol. The van der Waals surface area contributed by atoms with Gasteiger partial charge in [0.15, 0.2) is 0 Å². The van der Waals surface area contributed by atoms with E-state index in [1.807, 2.05) is 26.2 Å². The number of nitrogens with one attached hydrogen (secondary N) is 1. The van der Waals surface area contributed by atoms with Crippen molar-refractivity contribution in [2.75, 3.05) is 20.6 Å². The summed E-state index contributed by atoms with van der Waals surface area (Å²) in [6.45, 7) is 3.49. The van der Waals surface area contributed by atoms with Crippen LogP contribution in [-0.4, -0.2) is 36.4 Å². The molecular weight excluding hydrogens is 274 g/mol. The van der Waals surface area contributed by atoms with Crippen LogP contribution in [0.25, 0.3) is 11.1 Å². The molecule has 0 aliphatic rings. The molecule has 1 amide bonds. The van der Waals surface area contributed by atoms with E-state index in [4.69, 9.17) is 0 Å².